The van der Waals surface area contributed by atoms with Gasteiger partial charge in [0, 0.05) is 10.5 Å². The summed E-state index contributed by atoms with van der Waals surface area (Å²) in [4.78, 5) is 10.8. The number of carbonyl (C=O) groups is 1. The fourth-order valence-electron chi connectivity index (χ4n) is 2.13. The number of aliphatic carboxylic acids is 1. The average molecular weight is 284 g/mol. The van der Waals surface area contributed by atoms with Crippen molar-refractivity contribution in [1.29, 1.82) is 0 Å². The van der Waals surface area contributed by atoms with Crippen LogP contribution in [-0.4, -0.2) is 17.1 Å². The fraction of sp³-hybridized carbons (Fsp3) is 0.417. The Labute approximate surface area is 103 Å². The number of benzene rings is 1. The lowest BCUT2D eigenvalue weighted by Gasteiger charge is -2.17. The predicted molar refractivity (Wildman–Crippen MR) is 65.4 cm³/mol. The standard InChI is InChI=1S/C12H14BrNO2/c1-7(12(15)16)14-11-5-2-8-6-9(13)3-4-10(8)11/h3-4,6-7,11,14H,2,5H2,1H3,(H,15,16). The molecule has 1 aromatic carbocycles. The van der Waals surface area contributed by atoms with Crippen LogP contribution in [0.2, 0.25) is 0 Å². The summed E-state index contributed by atoms with van der Waals surface area (Å²) in [5, 5.41) is 12.0. The van der Waals surface area contributed by atoms with E-state index in [-0.39, 0.29) is 6.04 Å². The Bertz CT molecular complexity index is 419. The van der Waals surface area contributed by atoms with Crippen molar-refractivity contribution >= 4 is 21.9 Å². The molecule has 0 spiro atoms. The molecule has 0 heterocycles. The van der Waals surface area contributed by atoms with Crippen LogP contribution in [0.15, 0.2) is 22.7 Å². The second-order valence-electron chi connectivity index (χ2n) is 4.16. The smallest absolute Gasteiger partial charge is 0.320 e. The molecule has 0 fully saturated rings. The van der Waals surface area contributed by atoms with Gasteiger partial charge in [-0.05, 0) is 43.0 Å². The summed E-state index contributed by atoms with van der Waals surface area (Å²) in [5.41, 5.74) is 2.54. The van der Waals surface area contributed by atoms with Crippen molar-refractivity contribution in [2.45, 2.75) is 31.8 Å². The Morgan fingerprint density at radius 2 is 2.38 bits per heavy atom. The highest BCUT2D eigenvalue weighted by molar-refractivity contribution is 9.10. The van der Waals surface area contributed by atoms with Gasteiger partial charge in [0.1, 0.15) is 6.04 Å². The maximum Gasteiger partial charge on any atom is 0.320 e. The number of halogens is 1. The molecule has 2 unspecified atom stereocenters. The van der Waals surface area contributed by atoms with Gasteiger partial charge in [0.15, 0.2) is 0 Å². The molecule has 0 aromatic heterocycles. The molecule has 2 N–H and O–H groups in total. The highest BCUT2D eigenvalue weighted by Gasteiger charge is 2.25. The quantitative estimate of drug-likeness (QED) is 0.896. The van der Waals surface area contributed by atoms with Crippen molar-refractivity contribution in [2.24, 2.45) is 0 Å². The molecule has 0 radical (unpaired) electrons. The first-order valence-electron chi connectivity index (χ1n) is 5.35. The largest absolute Gasteiger partial charge is 0.480 e. The molecule has 0 amide bonds. The highest BCUT2D eigenvalue weighted by atomic mass is 79.9. The van der Waals surface area contributed by atoms with E-state index >= 15 is 0 Å². The van der Waals surface area contributed by atoms with E-state index in [2.05, 4.69) is 33.4 Å². The van der Waals surface area contributed by atoms with E-state index in [4.69, 9.17) is 5.11 Å². The zero-order valence-electron chi connectivity index (χ0n) is 9.03. The summed E-state index contributed by atoms with van der Waals surface area (Å²) in [6.07, 6.45) is 1.99. The lowest BCUT2D eigenvalue weighted by Crippen LogP contribution is -2.35. The Morgan fingerprint density at radius 1 is 1.62 bits per heavy atom. The molecule has 0 saturated carbocycles. The first-order chi connectivity index (χ1) is 7.58. The van der Waals surface area contributed by atoms with E-state index in [9.17, 15) is 4.79 Å². The van der Waals surface area contributed by atoms with E-state index in [1.165, 1.54) is 11.1 Å². The van der Waals surface area contributed by atoms with Crippen LogP contribution < -0.4 is 5.32 Å². The van der Waals surface area contributed by atoms with Gasteiger partial charge in [0.25, 0.3) is 0 Å². The summed E-state index contributed by atoms with van der Waals surface area (Å²) < 4.78 is 1.08. The van der Waals surface area contributed by atoms with Crippen molar-refractivity contribution in [1.82, 2.24) is 5.32 Å². The molecule has 4 heteroatoms. The van der Waals surface area contributed by atoms with Gasteiger partial charge in [0.05, 0.1) is 0 Å². The van der Waals surface area contributed by atoms with E-state index in [0.29, 0.717) is 0 Å². The Balaban J connectivity index is 2.15. The second-order valence-corrected chi connectivity index (χ2v) is 5.08. The molecule has 1 aliphatic rings. The zero-order chi connectivity index (χ0) is 11.7. The molecule has 1 aromatic rings. The van der Waals surface area contributed by atoms with E-state index in [1.807, 2.05) is 6.07 Å². The number of hydrogen-bond acceptors (Lipinski definition) is 2. The SMILES string of the molecule is CC(NC1CCc2cc(Br)ccc21)C(=O)O. The van der Waals surface area contributed by atoms with Gasteiger partial charge in [-0.3, -0.25) is 10.1 Å². The Hall–Kier alpha value is -0.870. The van der Waals surface area contributed by atoms with Crippen molar-refractivity contribution < 1.29 is 9.90 Å². The number of hydrogen-bond donors (Lipinski definition) is 2. The van der Waals surface area contributed by atoms with Crippen molar-refractivity contribution in [3.63, 3.8) is 0 Å². The molecule has 0 bridgehead atoms. The Morgan fingerprint density at radius 3 is 3.06 bits per heavy atom. The second kappa shape index (κ2) is 4.55. The number of rotatable bonds is 3. The summed E-state index contributed by atoms with van der Waals surface area (Å²) in [5.74, 6) is -0.800. The van der Waals surface area contributed by atoms with Crippen molar-refractivity contribution in [2.75, 3.05) is 0 Å². The summed E-state index contributed by atoms with van der Waals surface area (Å²) in [7, 11) is 0. The van der Waals surface area contributed by atoms with Gasteiger partial charge in [-0.25, -0.2) is 0 Å². The molecular weight excluding hydrogens is 270 g/mol. The van der Waals surface area contributed by atoms with Crippen LogP contribution in [0.4, 0.5) is 0 Å². The van der Waals surface area contributed by atoms with Gasteiger partial charge in [-0.1, -0.05) is 22.0 Å². The van der Waals surface area contributed by atoms with Gasteiger partial charge in [-0.15, -0.1) is 0 Å². The van der Waals surface area contributed by atoms with Crippen LogP contribution >= 0.6 is 15.9 Å². The normalized spacial score (nSPS) is 20.5. The number of fused-ring (bicyclic) bond motifs is 1. The molecule has 2 atom stereocenters. The molecule has 16 heavy (non-hydrogen) atoms. The van der Waals surface area contributed by atoms with Crippen LogP contribution in [-0.2, 0) is 11.2 Å². The molecule has 1 aliphatic carbocycles. The first-order valence-corrected chi connectivity index (χ1v) is 6.14. The third-order valence-corrected chi connectivity index (χ3v) is 3.50. The highest BCUT2D eigenvalue weighted by Crippen LogP contribution is 2.33. The topological polar surface area (TPSA) is 49.3 Å². The molecule has 0 aliphatic heterocycles. The fourth-order valence-corrected chi connectivity index (χ4v) is 2.54. The molecule has 2 rings (SSSR count). The van der Waals surface area contributed by atoms with E-state index < -0.39 is 12.0 Å². The van der Waals surface area contributed by atoms with Crippen molar-refractivity contribution in [3.05, 3.63) is 33.8 Å². The lowest BCUT2D eigenvalue weighted by molar-refractivity contribution is -0.139. The van der Waals surface area contributed by atoms with Crippen LogP contribution in [0.5, 0.6) is 0 Å². The number of aryl methyl sites for hydroxylation is 1. The third kappa shape index (κ3) is 2.28. The summed E-state index contributed by atoms with van der Waals surface area (Å²) >= 11 is 3.44. The molecule has 0 saturated heterocycles. The third-order valence-electron chi connectivity index (χ3n) is 3.00. The number of carboxylic acid groups (broad SMARTS) is 1. The van der Waals surface area contributed by atoms with Gasteiger partial charge < -0.3 is 5.11 Å². The van der Waals surface area contributed by atoms with Crippen LogP contribution in [0.1, 0.15) is 30.5 Å². The average Bonchev–Trinajstić information content (AvgIpc) is 2.60. The number of nitrogens with one attached hydrogen (secondary N) is 1. The maximum atomic E-state index is 10.8. The molecule has 86 valence electrons. The van der Waals surface area contributed by atoms with Crippen LogP contribution in [0, 0.1) is 0 Å². The minimum absolute atomic E-state index is 0.175. The van der Waals surface area contributed by atoms with E-state index in [1.54, 1.807) is 6.92 Å². The number of carboxylic acids is 1. The minimum Gasteiger partial charge on any atom is -0.480 e. The Kier molecular flexibility index (Phi) is 3.30. The first kappa shape index (κ1) is 11.6. The lowest BCUT2D eigenvalue weighted by atomic mass is 10.1. The van der Waals surface area contributed by atoms with Crippen LogP contribution in [0.25, 0.3) is 0 Å². The minimum atomic E-state index is -0.800. The predicted octanol–water partition coefficient (Wildman–Crippen LogP) is 2.50. The summed E-state index contributed by atoms with van der Waals surface area (Å²) in [6.45, 7) is 1.68. The van der Waals surface area contributed by atoms with Gasteiger partial charge in [0.2, 0.25) is 0 Å². The maximum absolute atomic E-state index is 10.8. The van der Waals surface area contributed by atoms with E-state index in [0.717, 1.165) is 17.3 Å². The van der Waals surface area contributed by atoms with Crippen molar-refractivity contribution in [3.8, 4) is 0 Å². The van der Waals surface area contributed by atoms with Crippen LogP contribution in [0.3, 0.4) is 0 Å². The van der Waals surface area contributed by atoms with Gasteiger partial charge in [-0.2, -0.15) is 0 Å². The molecule has 3 nitrogen and oxygen atoms in total. The monoisotopic (exact) mass is 283 g/mol. The van der Waals surface area contributed by atoms with Gasteiger partial charge >= 0.3 is 5.97 Å². The molecular formula is C12H14BrNO2. The zero-order valence-corrected chi connectivity index (χ0v) is 10.6. The summed E-state index contributed by atoms with van der Waals surface area (Å²) in [6, 6.07) is 5.86.